The van der Waals surface area contributed by atoms with E-state index in [1.807, 2.05) is 11.4 Å². The number of alkyl halides is 3. The second kappa shape index (κ2) is 10.1. The van der Waals surface area contributed by atoms with Crippen molar-refractivity contribution in [1.82, 2.24) is 25.4 Å². The largest absolute Gasteiger partial charge is 0.437 e. The van der Waals surface area contributed by atoms with Crippen LogP contribution < -0.4 is 11.1 Å². The Balaban J connectivity index is 1.18. The summed E-state index contributed by atoms with van der Waals surface area (Å²) in [6, 6.07) is 1.88. The quantitative estimate of drug-likeness (QED) is 0.350. The Labute approximate surface area is 259 Å². The number of alkyl carbamates (subject to hydrolysis) is 1. The van der Waals surface area contributed by atoms with Crippen molar-refractivity contribution in [3.05, 3.63) is 35.5 Å². The molecule has 45 heavy (non-hydrogen) atoms. The molecule has 7 fully saturated rings. The third-order valence-corrected chi connectivity index (χ3v) is 12.3. The number of fused-ring (bicyclic) bond motifs is 6. The molecule has 2 aromatic heterocycles. The van der Waals surface area contributed by atoms with E-state index >= 15 is 0 Å². The number of halogens is 3. The molecule has 4 bridgehead atoms. The van der Waals surface area contributed by atoms with Crippen LogP contribution in [0.25, 0.3) is 0 Å². The Morgan fingerprint density at radius 2 is 1.56 bits per heavy atom. The molecule has 13 heteroatoms. The Bertz CT molecular complexity index is 1450. The van der Waals surface area contributed by atoms with E-state index < -0.39 is 34.7 Å². The van der Waals surface area contributed by atoms with Gasteiger partial charge in [0.15, 0.2) is 17.8 Å². The molecule has 2 aromatic rings. The van der Waals surface area contributed by atoms with Crippen LogP contribution in [0, 0.1) is 10.8 Å². The van der Waals surface area contributed by atoms with Crippen molar-refractivity contribution in [2.24, 2.45) is 16.6 Å². The summed E-state index contributed by atoms with van der Waals surface area (Å²) in [6.07, 6.45) is 5.55. The molecule has 7 saturated carbocycles. The third kappa shape index (κ3) is 4.99. The molecule has 0 spiro atoms. The zero-order valence-electron chi connectivity index (χ0n) is 25.8. The monoisotopic (exact) mass is 630 g/mol. The average molecular weight is 631 g/mol. The van der Waals surface area contributed by atoms with Gasteiger partial charge in [-0.05, 0) is 110 Å². The van der Waals surface area contributed by atoms with E-state index in [0.717, 1.165) is 76.7 Å². The van der Waals surface area contributed by atoms with E-state index in [1.165, 1.54) is 0 Å². The number of ether oxygens (including phenoxy) is 1. The second-order valence-electron chi connectivity index (χ2n) is 15.1. The molecule has 0 aromatic carbocycles. The van der Waals surface area contributed by atoms with Crippen molar-refractivity contribution in [2.75, 3.05) is 0 Å². The van der Waals surface area contributed by atoms with Gasteiger partial charge >= 0.3 is 12.3 Å². The molecule has 10 nitrogen and oxygen atoms in total. The van der Waals surface area contributed by atoms with E-state index in [0.29, 0.717) is 56.2 Å². The van der Waals surface area contributed by atoms with Gasteiger partial charge in [-0.1, -0.05) is 5.16 Å². The maximum atomic E-state index is 13.7. The van der Waals surface area contributed by atoms with Crippen LogP contribution in [-0.4, -0.2) is 43.8 Å². The summed E-state index contributed by atoms with van der Waals surface area (Å²) in [5, 5.41) is 6.28. The van der Waals surface area contributed by atoms with Crippen molar-refractivity contribution < 1.29 is 32.0 Å². The first kappa shape index (κ1) is 30.4. The van der Waals surface area contributed by atoms with E-state index in [1.54, 1.807) is 6.20 Å². The standard InChI is InChI=1S/C32H41F3N6O4/c1-27(2,32(33,34)35)40-26(43)44-21(23-37-18-5-20(38-23)28-6-12-30(13-7-28,14-8-28)24(36)42)29-9-15-31(16-10-29,17-11-29)25-39-22(41-45-25)19-3-4-19/h5,18-19,21H,3-4,6-17H2,1-2H3,(H2,36,42)(H,40,43). The number of carbonyl (C=O) groups excluding carboxylic acids is 2. The minimum absolute atomic E-state index is 0.241. The third-order valence-electron chi connectivity index (χ3n) is 12.3. The molecule has 1 unspecified atom stereocenters. The summed E-state index contributed by atoms with van der Waals surface area (Å²) in [5.74, 6) is 1.89. The van der Waals surface area contributed by atoms with Crippen LogP contribution in [0.3, 0.4) is 0 Å². The highest BCUT2D eigenvalue weighted by Gasteiger charge is 2.58. The number of nitrogens with two attached hydrogens (primary N) is 1. The Morgan fingerprint density at radius 3 is 2.11 bits per heavy atom. The lowest BCUT2D eigenvalue weighted by Crippen LogP contribution is -2.55. The van der Waals surface area contributed by atoms with Gasteiger partial charge in [0.25, 0.3) is 0 Å². The molecule has 7 aliphatic rings. The molecule has 3 N–H and O–H groups in total. The summed E-state index contributed by atoms with van der Waals surface area (Å²) in [7, 11) is 0. The minimum Gasteiger partial charge on any atom is -0.437 e. The molecular formula is C32H41F3N6O4. The number of hydrogen-bond acceptors (Lipinski definition) is 8. The van der Waals surface area contributed by atoms with Crippen molar-refractivity contribution in [3.8, 4) is 0 Å². The fourth-order valence-electron chi connectivity index (χ4n) is 8.54. The van der Waals surface area contributed by atoms with E-state index in [4.69, 9.17) is 25.0 Å². The number of carbonyl (C=O) groups is 2. The Hall–Kier alpha value is -3.25. The predicted octanol–water partition coefficient (Wildman–Crippen LogP) is 6.21. The zero-order valence-corrected chi connectivity index (χ0v) is 25.8. The van der Waals surface area contributed by atoms with Gasteiger partial charge in [-0.3, -0.25) is 4.79 Å². The first-order chi connectivity index (χ1) is 21.2. The highest BCUT2D eigenvalue weighted by atomic mass is 19.4. The number of nitrogens with one attached hydrogen (secondary N) is 1. The maximum Gasteiger partial charge on any atom is 0.411 e. The molecule has 0 radical (unpaired) electrons. The molecule has 0 aliphatic heterocycles. The van der Waals surface area contributed by atoms with Gasteiger partial charge in [-0.2, -0.15) is 18.2 Å². The lowest BCUT2D eigenvalue weighted by Gasteiger charge is -2.54. The molecule has 244 valence electrons. The number of nitrogens with zero attached hydrogens (tertiary/aromatic N) is 4. The summed E-state index contributed by atoms with van der Waals surface area (Å²) in [6.45, 7) is 1.82. The molecule has 1 atom stereocenters. The Kier molecular flexibility index (Phi) is 6.84. The summed E-state index contributed by atoms with van der Waals surface area (Å²) >= 11 is 0. The van der Waals surface area contributed by atoms with Crippen LogP contribution in [0.15, 0.2) is 16.8 Å². The van der Waals surface area contributed by atoms with Crippen molar-refractivity contribution in [2.45, 2.75) is 138 Å². The smallest absolute Gasteiger partial charge is 0.411 e. The first-order valence-corrected chi connectivity index (χ1v) is 16.2. The second-order valence-corrected chi connectivity index (χ2v) is 15.1. The summed E-state index contributed by atoms with van der Waals surface area (Å²) < 4.78 is 52.8. The topological polar surface area (TPSA) is 146 Å². The van der Waals surface area contributed by atoms with Crippen LogP contribution >= 0.6 is 0 Å². The van der Waals surface area contributed by atoms with Gasteiger partial charge in [-0.15, -0.1) is 0 Å². The molecule has 2 heterocycles. The van der Waals surface area contributed by atoms with Crippen LogP contribution in [-0.2, 0) is 20.4 Å². The molecule has 7 aliphatic carbocycles. The fourth-order valence-corrected chi connectivity index (χ4v) is 8.54. The van der Waals surface area contributed by atoms with Crippen molar-refractivity contribution >= 4 is 12.0 Å². The van der Waals surface area contributed by atoms with Crippen LogP contribution in [0.2, 0.25) is 0 Å². The lowest BCUT2D eigenvalue weighted by atomic mass is 9.51. The van der Waals surface area contributed by atoms with Crippen LogP contribution in [0.5, 0.6) is 0 Å². The van der Waals surface area contributed by atoms with E-state index in [2.05, 4.69) is 10.1 Å². The lowest BCUT2D eigenvalue weighted by molar-refractivity contribution is -0.185. The summed E-state index contributed by atoms with van der Waals surface area (Å²) in [5.41, 5.74) is 2.59. The molecular weight excluding hydrogens is 589 g/mol. The van der Waals surface area contributed by atoms with Crippen molar-refractivity contribution in [1.29, 1.82) is 0 Å². The SMILES string of the molecule is CC(C)(NC(=O)OC(c1nccc(C23CCC(C(N)=O)(CC2)CC3)n1)C12CCC(c3nc(C4CC4)no3)(CC1)CC2)C(F)(F)F. The molecule has 2 amide bonds. The van der Waals surface area contributed by atoms with E-state index in [9.17, 15) is 22.8 Å². The van der Waals surface area contributed by atoms with Gasteiger partial charge in [0.1, 0.15) is 5.54 Å². The normalized spacial score (nSPS) is 33.5. The minimum atomic E-state index is -4.67. The highest BCUT2D eigenvalue weighted by Crippen LogP contribution is 2.63. The number of hydrogen-bond donors (Lipinski definition) is 2. The van der Waals surface area contributed by atoms with Gasteiger partial charge in [0, 0.05) is 33.8 Å². The fraction of sp³-hybridized carbons (Fsp3) is 0.750. The van der Waals surface area contributed by atoms with Crippen LogP contribution in [0.1, 0.15) is 139 Å². The van der Waals surface area contributed by atoms with Crippen LogP contribution in [0.4, 0.5) is 18.0 Å². The van der Waals surface area contributed by atoms with E-state index in [-0.39, 0.29) is 16.7 Å². The van der Waals surface area contributed by atoms with Gasteiger partial charge < -0.3 is 20.3 Å². The van der Waals surface area contributed by atoms with Gasteiger partial charge in [0.05, 0.1) is 5.69 Å². The number of amides is 2. The number of aromatic nitrogens is 4. The first-order valence-electron chi connectivity index (χ1n) is 16.2. The predicted molar refractivity (Wildman–Crippen MR) is 154 cm³/mol. The zero-order chi connectivity index (χ0) is 31.9. The average Bonchev–Trinajstić information content (AvgIpc) is 3.76. The molecule has 0 saturated heterocycles. The maximum absolute atomic E-state index is 13.7. The van der Waals surface area contributed by atoms with Crippen molar-refractivity contribution in [3.63, 3.8) is 0 Å². The number of rotatable bonds is 8. The number of primary amides is 1. The molecule has 9 rings (SSSR count). The van der Waals surface area contributed by atoms with Gasteiger partial charge in [0.2, 0.25) is 11.8 Å². The van der Waals surface area contributed by atoms with Gasteiger partial charge in [-0.25, -0.2) is 14.8 Å². The summed E-state index contributed by atoms with van der Waals surface area (Å²) in [4.78, 5) is 39.8. The highest BCUT2D eigenvalue weighted by molar-refractivity contribution is 5.81. The Morgan fingerprint density at radius 1 is 0.956 bits per heavy atom.